The van der Waals surface area contributed by atoms with Gasteiger partial charge in [0.1, 0.15) is 35.2 Å². The Hall–Kier alpha value is -4.32. The lowest BCUT2D eigenvalue weighted by Gasteiger charge is -2.19. The van der Waals surface area contributed by atoms with Crippen molar-refractivity contribution in [2.24, 2.45) is 0 Å². The van der Waals surface area contributed by atoms with Gasteiger partial charge in [-0.3, -0.25) is 14.2 Å². The topological polar surface area (TPSA) is 135 Å². The zero-order valence-corrected chi connectivity index (χ0v) is 16.4. The maximum absolute atomic E-state index is 13.4. The molecule has 0 aliphatic carbocycles. The molecule has 0 fully saturated rings. The van der Waals surface area contributed by atoms with E-state index in [1.54, 1.807) is 24.5 Å². The molecule has 4 heterocycles. The number of pyridine rings is 2. The van der Waals surface area contributed by atoms with Crippen molar-refractivity contribution in [1.29, 1.82) is 5.26 Å². The first-order chi connectivity index (χ1) is 14.5. The molecule has 1 atom stereocenters. The second-order valence-corrected chi connectivity index (χ2v) is 6.78. The summed E-state index contributed by atoms with van der Waals surface area (Å²) in [6.07, 6.45) is 4.60. The molecule has 0 saturated carbocycles. The number of nitriles is 1. The summed E-state index contributed by atoms with van der Waals surface area (Å²) in [6, 6.07) is 10.6. The number of nitrogen functional groups attached to an aromatic ring is 1. The minimum Gasteiger partial charge on any atom is -0.382 e. The highest BCUT2D eigenvalue weighted by Crippen LogP contribution is 2.27. The molecule has 0 amide bonds. The molecule has 0 unspecified atom stereocenters. The van der Waals surface area contributed by atoms with Crippen molar-refractivity contribution in [3.8, 4) is 17.3 Å². The second-order valence-electron chi connectivity index (χ2n) is 6.78. The van der Waals surface area contributed by atoms with Gasteiger partial charge in [-0.1, -0.05) is 6.07 Å². The van der Waals surface area contributed by atoms with E-state index in [9.17, 15) is 10.1 Å². The maximum Gasteiger partial charge on any atom is 0.267 e. The zero-order valence-electron chi connectivity index (χ0n) is 16.4. The Labute approximate surface area is 171 Å². The van der Waals surface area contributed by atoms with Crippen LogP contribution in [0.1, 0.15) is 29.8 Å². The van der Waals surface area contributed by atoms with Crippen molar-refractivity contribution >= 4 is 17.3 Å². The molecule has 30 heavy (non-hydrogen) atoms. The Morgan fingerprint density at radius 3 is 2.83 bits per heavy atom. The summed E-state index contributed by atoms with van der Waals surface area (Å²) in [5.41, 5.74) is 8.57. The number of nitrogens with one attached hydrogen (secondary N) is 1. The van der Waals surface area contributed by atoms with E-state index < -0.39 is 6.04 Å². The summed E-state index contributed by atoms with van der Waals surface area (Å²) in [4.78, 5) is 30.4. The molecule has 4 rings (SSSR count). The van der Waals surface area contributed by atoms with Gasteiger partial charge in [0.25, 0.3) is 5.56 Å². The predicted octanol–water partition coefficient (Wildman–Crippen LogP) is 2.48. The standard InChI is InChI=1S/C21H18N8O/c1-12-6-7-24-15(9-12)17-18(28-16-5-3-4-8-29(16)21(17)30)13(2)27-20-14(10-22)19(23)25-11-26-20/h3-9,11,13H,1-2H3,(H3,23,25,26,27)/t13-/m1/s1. The van der Waals surface area contributed by atoms with E-state index in [0.717, 1.165) is 5.56 Å². The number of aromatic nitrogens is 5. The minimum absolute atomic E-state index is 0.0781. The predicted molar refractivity (Wildman–Crippen MR) is 113 cm³/mol. The number of hydrogen-bond donors (Lipinski definition) is 2. The molecule has 4 aromatic heterocycles. The maximum atomic E-state index is 13.4. The molecule has 0 aliphatic heterocycles. The van der Waals surface area contributed by atoms with Crippen molar-refractivity contribution in [3.63, 3.8) is 0 Å². The normalized spacial score (nSPS) is 11.8. The van der Waals surface area contributed by atoms with Crippen molar-refractivity contribution in [2.75, 3.05) is 11.1 Å². The molecule has 9 heteroatoms. The Bertz CT molecular complexity index is 1360. The number of nitrogens with two attached hydrogens (primary N) is 1. The van der Waals surface area contributed by atoms with Crippen LogP contribution in [-0.4, -0.2) is 24.3 Å². The summed E-state index contributed by atoms with van der Waals surface area (Å²) >= 11 is 0. The van der Waals surface area contributed by atoms with Crippen LogP contribution in [0, 0.1) is 18.3 Å². The molecule has 0 radical (unpaired) electrons. The van der Waals surface area contributed by atoms with Crippen LogP contribution in [0.25, 0.3) is 16.9 Å². The van der Waals surface area contributed by atoms with E-state index in [1.807, 2.05) is 38.1 Å². The quantitative estimate of drug-likeness (QED) is 0.535. The molecule has 0 aliphatic rings. The van der Waals surface area contributed by atoms with Crippen LogP contribution in [0.4, 0.5) is 11.6 Å². The van der Waals surface area contributed by atoms with Crippen LogP contribution in [0.15, 0.2) is 53.8 Å². The van der Waals surface area contributed by atoms with Gasteiger partial charge in [0.15, 0.2) is 0 Å². The average Bonchev–Trinajstić information content (AvgIpc) is 2.74. The van der Waals surface area contributed by atoms with E-state index in [0.29, 0.717) is 22.6 Å². The first kappa shape index (κ1) is 19.0. The van der Waals surface area contributed by atoms with Crippen molar-refractivity contribution in [3.05, 3.63) is 76.2 Å². The van der Waals surface area contributed by atoms with E-state index >= 15 is 0 Å². The first-order valence-electron chi connectivity index (χ1n) is 9.21. The lowest BCUT2D eigenvalue weighted by Crippen LogP contribution is -2.23. The van der Waals surface area contributed by atoms with Crippen LogP contribution < -0.4 is 16.6 Å². The van der Waals surface area contributed by atoms with Gasteiger partial charge in [0.2, 0.25) is 0 Å². The Morgan fingerprint density at radius 1 is 1.23 bits per heavy atom. The fraction of sp³-hybridized carbons (Fsp3) is 0.143. The van der Waals surface area contributed by atoms with E-state index in [1.165, 1.54) is 10.7 Å². The van der Waals surface area contributed by atoms with Gasteiger partial charge in [0.05, 0.1) is 23.0 Å². The van der Waals surface area contributed by atoms with Gasteiger partial charge in [-0.2, -0.15) is 5.26 Å². The lowest BCUT2D eigenvalue weighted by molar-refractivity contribution is 0.820. The van der Waals surface area contributed by atoms with Gasteiger partial charge in [-0.05, 0) is 43.7 Å². The molecule has 0 bridgehead atoms. The smallest absolute Gasteiger partial charge is 0.267 e. The summed E-state index contributed by atoms with van der Waals surface area (Å²) in [5.74, 6) is 0.352. The second kappa shape index (κ2) is 7.60. The molecular weight excluding hydrogens is 380 g/mol. The van der Waals surface area contributed by atoms with Crippen molar-refractivity contribution in [2.45, 2.75) is 19.9 Å². The molecule has 0 aromatic carbocycles. The van der Waals surface area contributed by atoms with Crippen LogP contribution in [-0.2, 0) is 0 Å². The zero-order chi connectivity index (χ0) is 21.3. The van der Waals surface area contributed by atoms with Crippen molar-refractivity contribution in [1.82, 2.24) is 24.3 Å². The number of nitrogens with zero attached hydrogens (tertiary/aromatic N) is 6. The highest BCUT2D eigenvalue weighted by atomic mass is 16.1. The van der Waals surface area contributed by atoms with Crippen LogP contribution in [0.2, 0.25) is 0 Å². The van der Waals surface area contributed by atoms with Gasteiger partial charge in [0, 0.05) is 12.4 Å². The molecule has 0 saturated heterocycles. The fourth-order valence-corrected chi connectivity index (χ4v) is 3.23. The highest BCUT2D eigenvalue weighted by Gasteiger charge is 2.22. The summed E-state index contributed by atoms with van der Waals surface area (Å²) in [7, 11) is 0. The number of aryl methyl sites for hydroxylation is 1. The summed E-state index contributed by atoms with van der Waals surface area (Å²) in [5, 5.41) is 12.5. The lowest BCUT2D eigenvalue weighted by atomic mass is 10.0. The molecule has 148 valence electrons. The molecular formula is C21H18N8O. The molecule has 3 N–H and O–H groups in total. The summed E-state index contributed by atoms with van der Waals surface area (Å²) < 4.78 is 1.49. The first-order valence-corrected chi connectivity index (χ1v) is 9.21. The van der Waals surface area contributed by atoms with Gasteiger partial charge in [-0.15, -0.1) is 0 Å². The van der Waals surface area contributed by atoms with E-state index in [2.05, 4.69) is 20.3 Å². The third kappa shape index (κ3) is 3.31. The Balaban J connectivity index is 1.92. The van der Waals surface area contributed by atoms with E-state index in [4.69, 9.17) is 10.7 Å². The Morgan fingerprint density at radius 2 is 2.07 bits per heavy atom. The molecule has 4 aromatic rings. The monoisotopic (exact) mass is 398 g/mol. The summed E-state index contributed by atoms with van der Waals surface area (Å²) in [6.45, 7) is 3.77. The van der Waals surface area contributed by atoms with Crippen LogP contribution in [0.5, 0.6) is 0 Å². The largest absolute Gasteiger partial charge is 0.382 e. The highest BCUT2D eigenvalue weighted by molar-refractivity contribution is 5.67. The molecule has 9 nitrogen and oxygen atoms in total. The number of anilines is 2. The van der Waals surface area contributed by atoms with Crippen LogP contribution >= 0.6 is 0 Å². The van der Waals surface area contributed by atoms with Gasteiger partial charge in [-0.25, -0.2) is 15.0 Å². The minimum atomic E-state index is -0.471. The fourth-order valence-electron chi connectivity index (χ4n) is 3.23. The third-order valence-corrected chi connectivity index (χ3v) is 4.69. The number of hydrogen-bond acceptors (Lipinski definition) is 8. The van der Waals surface area contributed by atoms with E-state index in [-0.39, 0.29) is 22.8 Å². The van der Waals surface area contributed by atoms with Gasteiger partial charge >= 0.3 is 0 Å². The average molecular weight is 398 g/mol. The Kier molecular flexibility index (Phi) is 4.82. The molecule has 0 spiro atoms. The van der Waals surface area contributed by atoms with Crippen LogP contribution in [0.3, 0.4) is 0 Å². The third-order valence-electron chi connectivity index (χ3n) is 4.69. The number of rotatable bonds is 4. The SMILES string of the molecule is Cc1ccnc(-c2c([C@@H](C)Nc3ncnc(N)c3C#N)nc3ccccn3c2=O)c1. The van der Waals surface area contributed by atoms with Crippen molar-refractivity contribution < 1.29 is 0 Å². The number of fused-ring (bicyclic) bond motifs is 1. The van der Waals surface area contributed by atoms with Gasteiger partial charge < -0.3 is 11.1 Å².